The predicted molar refractivity (Wildman–Crippen MR) is 122 cm³/mol. The van der Waals surface area contributed by atoms with Crippen molar-refractivity contribution in [2.75, 3.05) is 19.0 Å². The molecule has 3 nitrogen and oxygen atoms in total. The summed E-state index contributed by atoms with van der Waals surface area (Å²) in [5.74, 6) is 1.83. The molecule has 2 aliphatic rings. The molecule has 0 unspecified atom stereocenters. The van der Waals surface area contributed by atoms with Gasteiger partial charge in [-0.25, -0.2) is 0 Å². The lowest BCUT2D eigenvalue weighted by molar-refractivity contribution is 0.263. The van der Waals surface area contributed by atoms with E-state index in [2.05, 4.69) is 85.0 Å². The van der Waals surface area contributed by atoms with Gasteiger partial charge in [0, 0.05) is 16.5 Å². The summed E-state index contributed by atoms with van der Waals surface area (Å²) in [5.41, 5.74) is 5.35. The van der Waals surface area contributed by atoms with Crippen LogP contribution in [0.15, 0.2) is 72.8 Å². The molecule has 1 aliphatic carbocycles. The Morgan fingerprint density at radius 3 is 2.20 bits per heavy atom. The van der Waals surface area contributed by atoms with E-state index in [1.54, 1.807) is 7.11 Å². The van der Waals surface area contributed by atoms with Crippen LogP contribution in [0.5, 0.6) is 11.5 Å². The molecule has 3 aromatic carbocycles. The molecule has 3 aromatic rings. The van der Waals surface area contributed by atoms with Gasteiger partial charge in [-0.15, -0.1) is 0 Å². The van der Waals surface area contributed by atoms with Gasteiger partial charge in [0.05, 0.1) is 19.8 Å². The van der Waals surface area contributed by atoms with Crippen LogP contribution in [0.25, 0.3) is 0 Å². The average Bonchev–Trinajstić information content (AvgIpc) is 3.59. The maximum atomic E-state index is 5.71. The molecule has 2 atom stereocenters. The van der Waals surface area contributed by atoms with E-state index in [4.69, 9.17) is 9.47 Å². The van der Waals surface area contributed by atoms with E-state index in [9.17, 15) is 0 Å². The van der Waals surface area contributed by atoms with Crippen LogP contribution < -0.4 is 14.8 Å². The van der Waals surface area contributed by atoms with E-state index in [1.807, 2.05) is 6.92 Å². The van der Waals surface area contributed by atoms with Crippen molar-refractivity contribution in [2.24, 2.45) is 5.41 Å². The number of rotatable bonds is 5. The Kier molecular flexibility index (Phi) is 4.50. The number of nitrogens with one attached hydrogen (secondary N) is 1. The number of fused-ring (bicyclic) bond motifs is 1. The van der Waals surface area contributed by atoms with Gasteiger partial charge in [0.25, 0.3) is 0 Å². The quantitative estimate of drug-likeness (QED) is 0.542. The first kappa shape index (κ1) is 19.0. The van der Waals surface area contributed by atoms with E-state index in [1.165, 1.54) is 35.2 Å². The zero-order chi connectivity index (χ0) is 20.8. The van der Waals surface area contributed by atoms with E-state index in [0.717, 1.165) is 11.5 Å². The first-order valence-corrected chi connectivity index (χ1v) is 10.9. The zero-order valence-electron chi connectivity index (χ0n) is 17.9. The van der Waals surface area contributed by atoms with E-state index in [0.29, 0.717) is 6.61 Å². The highest BCUT2D eigenvalue weighted by atomic mass is 16.5. The lowest BCUT2D eigenvalue weighted by Gasteiger charge is -2.50. The second-order valence-electron chi connectivity index (χ2n) is 8.63. The molecule has 30 heavy (non-hydrogen) atoms. The predicted octanol–water partition coefficient (Wildman–Crippen LogP) is 6.35. The molecule has 1 spiro atoms. The summed E-state index contributed by atoms with van der Waals surface area (Å²) in [7, 11) is 1.72. The van der Waals surface area contributed by atoms with Crippen molar-refractivity contribution in [3.05, 3.63) is 89.5 Å². The Balaban J connectivity index is 1.65. The zero-order valence-corrected chi connectivity index (χ0v) is 17.9. The van der Waals surface area contributed by atoms with Gasteiger partial charge in [-0.1, -0.05) is 49.4 Å². The minimum atomic E-state index is -0.0792. The van der Waals surface area contributed by atoms with Gasteiger partial charge in [0.1, 0.15) is 11.5 Å². The highest BCUT2D eigenvalue weighted by molar-refractivity contribution is 5.65. The number of hydrogen-bond acceptors (Lipinski definition) is 3. The Labute approximate surface area is 179 Å². The molecule has 0 amide bonds. The maximum Gasteiger partial charge on any atom is 0.119 e. The Hall–Kier alpha value is -2.94. The highest BCUT2D eigenvalue weighted by Crippen LogP contribution is 2.71. The van der Waals surface area contributed by atoms with E-state index in [-0.39, 0.29) is 16.9 Å². The number of ether oxygens (including phenoxy) is 2. The van der Waals surface area contributed by atoms with E-state index < -0.39 is 0 Å². The van der Waals surface area contributed by atoms with Crippen LogP contribution in [0.2, 0.25) is 0 Å². The molecule has 1 N–H and O–H groups in total. The molecular weight excluding hydrogens is 370 g/mol. The van der Waals surface area contributed by atoms with E-state index >= 15 is 0 Å². The molecule has 1 heterocycles. The van der Waals surface area contributed by atoms with Crippen LogP contribution in [0.4, 0.5) is 5.69 Å². The molecular formula is C27H29NO2. The first-order valence-electron chi connectivity index (χ1n) is 10.9. The van der Waals surface area contributed by atoms with Gasteiger partial charge in [-0.05, 0) is 66.8 Å². The van der Waals surface area contributed by atoms with Crippen LogP contribution in [0, 0.1) is 5.41 Å². The number of benzene rings is 3. The molecule has 3 heteroatoms. The Morgan fingerprint density at radius 1 is 0.900 bits per heavy atom. The molecule has 1 fully saturated rings. The Bertz CT molecular complexity index is 1040. The summed E-state index contributed by atoms with van der Waals surface area (Å²) in [6, 6.07) is 26.4. The number of hydrogen-bond donors (Lipinski definition) is 1. The topological polar surface area (TPSA) is 30.5 Å². The first-order chi connectivity index (χ1) is 14.6. The molecule has 0 radical (unpaired) electrons. The maximum absolute atomic E-state index is 5.71. The smallest absolute Gasteiger partial charge is 0.119 e. The summed E-state index contributed by atoms with van der Waals surface area (Å²) in [6.45, 7) is 5.15. The lowest BCUT2D eigenvalue weighted by Crippen LogP contribution is -2.45. The molecule has 0 bridgehead atoms. The van der Waals surface area contributed by atoms with Crippen LogP contribution in [0.3, 0.4) is 0 Å². The van der Waals surface area contributed by atoms with Crippen molar-refractivity contribution in [2.45, 2.75) is 38.1 Å². The normalized spacial score (nSPS) is 23.4. The second-order valence-corrected chi connectivity index (χ2v) is 8.63. The van der Waals surface area contributed by atoms with Crippen LogP contribution in [0.1, 0.15) is 49.4 Å². The van der Waals surface area contributed by atoms with Crippen LogP contribution in [-0.4, -0.2) is 13.7 Å². The fourth-order valence-electron chi connectivity index (χ4n) is 5.51. The molecule has 5 rings (SSSR count). The third-order valence-electron chi connectivity index (χ3n) is 7.29. The number of methoxy groups -OCH3 is 1. The van der Waals surface area contributed by atoms with Gasteiger partial charge in [-0.2, -0.15) is 0 Å². The monoisotopic (exact) mass is 399 g/mol. The largest absolute Gasteiger partial charge is 0.497 e. The third kappa shape index (κ3) is 2.72. The summed E-state index contributed by atoms with van der Waals surface area (Å²) in [6.07, 6.45) is 2.41. The average molecular weight is 400 g/mol. The van der Waals surface area contributed by atoms with Crippen LogP contribution in [-0.2, 0) is 5.41 Å². The molecule has 1 aliphatic heterocycles. The molecule has 1 saturated carbocycles. The van der Waals surface area contributed by atoms with Crippen molar-refractivity contribution in [3.8, 4) is 11.5 Å². The highest BCUT2D eigenvalue weighted by Gasteiger charge is 2.65. The van der Waals surface area contributed by atoms with Crippen molar-refractivity contribution in [1.29, 1.82) is 0 Å². The van der Waals surface area contributed by atoms with Gasteiger partial charge in [-0.3, -0.25) is 0 Å². The summed E-state index contributed by atoms with van der Waals surface area (Å²) < 4.78 is 11.1. The van der Waals surface area contributed by atoms with Crippen molar-refractivity contribution < 1.29 is 9.47 Å². The SMILES string of the molecule is CCOc1ccc([C@]2(C)c3ccccc3N[C@H](c3ccc(OC)cc3)C23CC3)cc1. The number of anilines is 1. The lowest BCUT2D eigenvalue weighted by atomic mass is 9.59. The van der Waals surface area contributed by atoms with Crippen molar-refractivity contribution in [1.82, 2.24) is 0 Å². The van der Waals surface area contributed by atoms with Gasteiger partial charge < -0.3 is 14.8 Å². The standard InChI is InChI=1S/C27H29NO2/c1-4-30-22-15-11-20(12-16-22)26(2)23-7-5-6-8-24(23)28-25(27(26)17-18-27)19-9-13-21(29-3)14-10-19/h5-16,25,28H,4,17-18H2,1-3H3/t25-,26-/m1/s1. The van der Waals surface area contributed by atoms with Gasteiger partial charge >= 0.3 is 0 Å². The Morgan fingerprint density at radius 2 is 1.57 bits per heavy atom. The van der Waals surface area contributed by atoms with Crippen molar-refractivity contribution >= 4 is 5.69 Å². The summed E-state index contributed by atoms with van der Waals surface area (Å²) in [4.78, 5) is 0. The van der Waals surface area contributed by atoms with Gasteiger partial charge in [0.2, 0.25) is 0 Å². The minimum Gasteiger partial charge on any atom is -0.497 e. The molecule has 0 aromatic heterocycles. The minimum absolute atomic E-state index is 0.0792. The molecule has 154 valence electrons. The van der Waals surface area contributed by atoms with Crippen LogP contribution >= 0.6 is 0 Å². The third-order valence-corrected chi connectivity index (χ3v) is 7.29. The number of para-hydroxylation sites is 1. The second kappa shape index (κ2) is 7.09. The van der Waals surface area contributed by atoms with Gasteiger partial charge in [0.15, 0.2) is 0 Å². The van der Waals surface area contributed by atoms with Crippen molar-refractivity contribution in [3.63, 3.8) is 0 Å². The summed E-state index contributed by atoms with van der Waals surface area (Å²) >= 11 is 0. The molecule has 0 saturated heterocycles. The fourth-order valence-corrected chi connectivity index (χ4v) is 5.51. The fraction of sp³-hybridized carbons (Fsp3) is 0.333. The summed E-state index contributed by atoms with van der Waals surface area (Å²) in [5, 5.41) is 3.89.